The van der Waals surface area contributed by atoms with Gasteiger partial charge in [0.05, 0.1) is 5.69 Å². The second-order valence-electron chi connectivity index (χ2n) is 27.1. The molecule has 0 bridgehead atoms. The number of hydrogen-bond acceptors (Lipinski definition) is 6. The fourth-order valence-corrected chi connectivity index (χ4v) is 18.5. The largest absolute Gasteiger partial charge is 0.310 e. The summed E-state index contributed by atoms with van der Waals surface area (Å²) in [4.78, 5) is 7.15. The molecule has 3 nitrogen and oxygen atoms in total. The van der Waals surface area contributed by atoms with Gasteiger partial charge in [-0.15, -0.1) is 34.0 Å². The first-order valence-electron chi connectivity index (χ1n) is 36.6. The third-order valence-corrected chi connectivity index (χ3v) is 24.0. The Hall–Kier alpha value is -13.2. The normalized spacial score (nSPS) is 11.3. The first-order chi connectivity index (χ1) is 53.5. The quantitative estimate of drug-likeness (QED) is 0.121. The minimum Gasteiger partial charge on any atom is -0.310 e. The van der Waals surface area contributed by atoms with Crippen molar-refractivity contribution < 1.29 is 0 Å². The van der Waals surface area contributed by atoms with E-state index < -0.39 is 0 Å². The number of thiophene rings is 3. The van der Waals surface area contributed by atoms with Crippen molar-refractivity contribution in [2.45, 2.75) is 0 Å². The molecule has 0 saturated heterocycles. The lowest BCUT2D eigenvalue weighted by Crippen LogP contribution is -2.10. The first kappa shape index (κ1) is 65.6. The van der Waals surface area contributed by atoms with E-state index in [1.807, 2.05) is 34.0 Å². The van der Waals surface area contributed by atoms with E-state index in [-0.39, 0.29) is 0 Å². The highest BCUT2D eigenvalue weighted by Crippen LogP contribution is 2.47. The van der Waals surface area contributed by atoms with E-state index in [0.717, 1.165) is 39.8 Å². The SMILES string of the molecule is c1ccc(-c2ccc(N(c3ccc4sc5ccccc5c4c3)c3cccc4ccccc34)cc2)cc1.c1ccc(-c2cccc(N(c3cccc(-c4ccccc4)c3)c3ccc4sc5ccccc5c4c3)c2)cc1.c1ccc2cc(N(c3ccc4ccccc4c3)c3ccc4sc5ccccc5c4c3)ccc2c1. The standard InChI is InChI=1S/C36H25NS.C34H23NS.C32H21NS/c1-3-11-26(12-4-1)28-15-9-17-30(23-28)37(31-18-10-16-29(24-31)27-13-5-2-6-14-27)32-21-22-36-34(25-32)33-19-7-8-20-35(33)38-36;1-2-9-24(10-3-1)25-17-19-27(20-18-25)35(32-15-8-12-26-11-4-5-13-29(26)32)28-21-22-34-31(23-28)30-14-6-7-16-33(30)36-34;1-3-9-24-19-26(15-13-22(24)7-1)33(27-16-14-23-8-2-4-10-25(23)20-27)28-17-18-32-30(21-28)29-11-5-6-12-31(29)34-32/h1-25H;1-23H;1-21H. The van der Waals surface area contributed by atoms with Gasteiger partial charge in [0, 0.05) is 111 Å². The van der Waals surface area contributed by atoms with E-state index in [4.69, 9.17) is 0 Å². The molecular weight excluding hydrogens is 1360 g/mol. The molecule has 0 amide bonds. The molecule has 0 aliphatic rings. The van der Waals surface area contributed by atoms with Crippen molar-refractivity contribution in [1.29, 1.82) is 0 Å². The number of benzene rings is 18. The van der Waals surface area contributed by atoms with Gasteiger partial charge in [0.1, 0.15) is 0 Å². The maximum atomic E-state index is 2.39. The zero-order valence-corrected chi connectivity index (χ0v) is 61.4. The van der Waals surface area contributed by atoms with Crippen LogP contribution < -0.4 is 14.7 Å². The molecule has 510 valence electrons. The second-order valence-corrected chi connectivity index (χ2v) is 30.4. The summed E-state index contributed by atoms with van der Waals surface area (Å²) in [7, 11) is 0. The molecule has 0 atom stereocenters. The van der Waals surface area contributed by atoms with Crippen LogP contribution in [0.4, 0.5) is 51.2 Å². The van der Waals surface area contributed by atoms with Crippen LogP contribution in [0.5, 0.6) is 0 Å². The Morgan fingerprint density at radius 3 is 0.870 bits per heavy atom. The smallest absolute Gasteiger partial charge is 0.0540 e. The number of fused-ring (bicyclic) bond motifs is 12. The van der Waals surface area contributed by atoms with Crippen LogP contribution >= 0.6 is 34.0 Å². The Balaban J connectivity index is 0.000000110. The molecule has 0 radical (unpaired) electrons. The minimum atomic E-state index is 1.13. The van der Waals surface area contributed by atoms with Gasteiger partial charge in [-0.05, 0) is 200 Å². The number of nitrogens with zero attached hydrogens (tertiary/aromatic N) is 3. The van der Waals surface area contributed by atoms with Crippen LogP contribution in [0.3, 0.4) is 0 Å². The fraction of sp³-hybridized carbons (Fsp3) is 0. The van der Waals surface area contributed by atoms with Crippen molar-refractivity contribution in [3.05, 3.63) is 419 Å². The zero-order chi connectivity index (χ0) is 71.7. The summed E-state index contributed by atoms with van der Waals surface area (Å²) in [5.41, 5.74) is 17.7. The van der Waals surface area contributed by atoms with Crippen molar-refractivity contribution in [3.63, 3.8) is 0 Å². The van der Waals surface area contributed by atoms with Crippen LogP contribution in [0.15, 0.2) is 419 Å². The van der Waals surface area contributed by atoms with Gasteiger partial charge < -0.3 is 14.7 Å². The lowest BCUT2D eigenvalue weighted by Gasteiger charge is -2.27. The van der Waals surface area contributed by atoms with Crippen LogP contribution in [0.2, 0.25) is 0 Å². The molecule has 3 heterocycles. The van der Waals surface area contributed by atoms with Gasteiger partial charge in [-0.1, -0.05) is 279 Å². The van der Waals surface area contributed by atoms with Gasteiger partial charge in [-0.3, -0.25) is 0 Å². The van der Waals surface area contributed by atoms with E-state index in [0.29, 0.717) is 0 Å². The first-order valence-corrected chi connectivity index (χ1v) is 39.0. The third-order valence-electron chi connectivity index (χ3n) is 20.5. The van der Waals surface area contributed by atoms with Gasteiger partial charge in [0.15, 0.2) is 0 Å². The molecule has 3 aromatic heterocycles. The molecule has 0 aliphatic carbocycles. The van der Waals surface area contributed by atoms with Crippen molar-refractivity contribution in [3.8, 4) is 33.4 Å². The fourth-order valence-electron chi connectivity index (χ4n) is 15.3. The summed E-state index contributed by atoms with van der Waals surface area (Å²) in [5.74, 6) is 0. The van der Waals surface area contributed by atoms with Gasteiger partial charge in [-0.25, -0.2) is 0 Å². The van der Waals surface area contributed by atoms with E-state index in [2.05, 4.69) is 433 Å². The predicted octanol–water partition coefficient (Wildman–Crippen LogP) is 31.0. The average Bonchev–Trinajstić information content (AvgIpc) is 1.34. The monoisotopic (exact) mass is 1430 g/mol. The Kier molecular flexibility index (Phi) is 17.6. The Morgan fingerprint density at radius 1 is 0.139 bits per heavy atom. The van der Waals surface area contributed by atoms with E-state index in [1.165, 1.54) is 138 Å². The van der Waals surface area contributed by atoms with Crippen molar-refractivity contribution in [2.24, 2.45) is 0 Å². The molecule has 21 aromatic rings. The molecule has 0 aliphatic heterocycles. The summed E-state index contributed by atoms with van der Waals surface area (Å²) in [6.45, 7) is 0. The highest BCUT2D eigenvalue weighted by Gasteiger charge is 2.21. The summed E-state index contributed by atoms with van der Waals surface area (Å²) >= 11 is 5.57. The molecule has 0 unspecified atom stereocenters. The lowest BCUT2D eigenvalue weighted by atomic mass is 10.0. The highest BCUT2D eigenvalue weighted by molar-refractivity contribution is 7.26. The van der Waals surface area contributed by atoms with Crippen LogP contribution in [-0.2, 0) is 0 Å². The average molecular weight is 1430 g/mol. The molecule has 0 spiro atoms. The molecule has 21 rings (SSSR count). The summed E-state index contributed by atoms with van der Waals surface area (Å²) in [5, 5.41) is 15.3. The number of hydrogen-bond donors (Lipinski definition) is 0. The van der Waals surface area contributed by atoms with Crippen LogP contribution in [0.1, 0.15) is 0 Å². The van der Waals surface area contributed by atoms with E-state index >= 15 is 0 Å². The van der Waals surface area contributed by atoms with Crippen LogP contribution in [-0.4, -0.2) is 0 Å². The topological polar surface area (TPSA) is 9.72 Å². The lowest BCUT2D eigenvalue weighted by molar-refractivity contribution is 1.29. The predicted molar refractivity (Wildman–Crippen MR) is 471 cm³/mol. The molecule has 0 fully saturated rings. The molecule has 108 heavy (non-hydrogen) atoms. The zero-order valence-electron chi connectivity index (χ0n) is 58.9. The summed E-state index contributed by atoms with van der Waals surface area (Å²) in [6.07, 6.45) is 0. The van der Waals surface area contributed by atoms with E-state index in [1.54, 1.807) is 0 Å². The van der Waals surface area contributed by atoms with Gasteiger partial charge in [0.2, 0.25) is 0 Å². The Morgan fingerprint density at radius 2 is 0.426 bits per heavy atom. The maximum absolute atomic E-state index is 2.39. The van der Waals surface area contributed by atoms with Gasteiger partial charge in [0.25, 0.3) is 0 Å². The van der Waals surface area contributed by atoms with Gasteiger partial charge in [-0.2, -0.15) is 0 Å². The Bertz CT molecular complexity index is 6670. The minimum absolute atomic E-state index is 1.13. The Labute approximate surface area is 639 Å². The molecular formula is C102H69N3S3. The molecule has 6 heteroatoms. The number of rotatable bonds is 12. The van der Waals surface area contributed by atoms with Crippen molar-refractivity contribution in [1.82, 2.24) is 0 Å². The molecule has 18 aromatic carbocycles. The summed E-state index contributed by atoms with van der Waals surface area (Å²) < 4.78 is 7.93. The molecule has 0 N–H and O–H groups in total. The third kappa shape index (κ3) is 12.9. The van der Waals surface area contributed by atoms with Crippen LogP contribution in [0, 0.1) is 0 Å². The van der Waals surface area contributed by atoms with E-state index in [9.17, 15) is 0 Å². The van der Waals surface area contributed by atoms with Gasteiger partial charge >= 0.3 is 0 Å². The van der Waals surface area contributed by atoms with Crippen molar-refractivity contribution in [2.75, 3.05) is 14.7 Å². The maximum Gasteiger partial charge on any atom is 0.0540 e. The number of anilines is 9. The van der Waals surface area contributed by atoms with Crippen molar-refractivity contribution >= 4 is 178 Å². The molecule has 0 saturated carbocycles. The summed E-state index contributed by atoms with van der Waals surface area (Å²) in [6, 6.07) is 151. The highest BCUT2D eigenvalue weighted by atomic mass is 32.1. The van der Waals surface area contributed by atoms with Crippen LogP contribution in [0.25, 0.3) is 126 Å². The second kappa shape index (κ2) is 29.0.